The van der Waals surface area contributed by atoms with Gasteiger partial charge in [-0.2, -0.15) is 5.10 Å². The van der Waals surface area contributed by atoms with Crippen LogP contribution in [0.15, 0.2) is 72.8 Å². The van der Waals surface area contributed by atoms with E-state index in [1.807, 2.05) is 82.3 Å². The normalized spacial score (nSPS) is 11.0. The Kier molecular flexibility index (Phi) is 8.55. The average Bonchev–Trinajstić information content (AvgIpc) is 3.20. The quantitative estimate of drug-likeness (QED) is 0.253. The van der Waals surface area contributed by atoms with E-state index in [1.165, 1.54) is 11.0 Å². The molecule has 0 bridgehead atoms. The highest BCUT2D eigenvalue weighted by Gasteiger charge is 2.24. The highest BCUT2D eigenvalue weighted by molar-refractivity contribution is 6.42. The number of amides is 2. The molecule has 0 atom stereocenters. The van der Waals surface area contributed by atoms with Gasteiger partial charge in [0.15, 0.2) is 0 Å². The molecule has 2 amide bonds. The highest BCUT2D eigenvalue weighted by atomic mass is 35.5. The maximum Gasteiger partial charge on any atom is 0.254 e. The third-order valence-electron chi connectivity index (χ3n) is 6.03. The Morgan fingerprint density at radius 3 is 2.26 bits per heavy atom. The SMILES string of the molecule is Cc1ccc(-n2nc(C)c(-c3ccccc3)c2NC(=O)CN(CC(C)C)C(=O)c2ccc(Cl)c(Cl)c2)cc1. The average molecular weight is 550 g/mol. The third-order valence-corrected chi connectivity index (χ3v) is 6.77. The van der Waals surface area contributed by atoms with Crippen LogP contribution in [-0.2, 0) is 4.79 Å². The van der Waals surface area contributed by atoms with Gasteiger partial charge < -0.3 is 10.2 Å². The summed E-state index contributed by atoms with van der Waals surface area (Å²) in [5, 5.41) is 8.48. The van der Waals surface area contributed by atoms with Crippen LogP contribution in [0, 0.1) is 19.8 Å². The predicted molar refractivity (Wildman–Crippen MR) is 154 cm³/mol. The lowest BCUT2D eigenvalue weighted by Crippen LogP contribution is -2.40. The lowest BCUT2D eigenvalue weighted by Gasteiger charge is -2.24. The lowest BCUT2D eigenvalue weighted by atomic mass is 10.1. The highest BCUT2D eigenvalue weighted by Crippen LogP contribution is 2.33. The van der Waals surface area contributed by atoms with Gasteiger partial charge in [0.1, 0.15) is 12.4 Å². The van der Waals surface area contributed by atoms with Gasteiger partial charge in [-0.05, 0) is 55.7 Å². The van der Waals surface area contributed by atoms with E-state index in [9.17, 15) is 9.59 Å². The topological polar surface area (TPSA) is 67.2 Å². The van der Waals surface area contributed by atoms with Gasteiger partial charge in [-0.25, -0.2) is 4.68 Å². The number of nitrogens with zero attached hydrogens (tertiary/aromatic N) is 3. The summed E-state index contributed by atoms with van der Waals surface area (Å²) in [6, 6.07) is 22.5. The summed E-state index contributed by atoms with van der Waals surface area (Å²) in [5.41, 5.74) is 4.85. The molecule has 4 aromatic rings. The first kappa shape index (κ1) is 27.4. The molecule has 1 N–H and O–H groups in total. The molecule has 1 heterocycles. The Morgan fingerprint density at radius 1 is 0.947 bits per heavy atom. The smallest absolute Gasteiger partial charge is 0.254 e. The summed E-state index contributed by atoms with van der Waals surface area (Å²) in [6.07, 6.45) is 0. The number of carbonyl (C=O) groups excluding carboxylic acids is 2. The van der Waals surface area contributed by atoms with Gasteiger partial charge in [0.2, 0.25) is 5.91 Å². The van der Waals surface area contributed by atoms with E-state index in [4.69, 9.17) is 28.3 Å². The van der Waals surface area contributed by atoms with Crippen LogP contribution in [0.3, 0.4) is 0 Å². The first-order valence-electron chi connectivity index (χ1n) is 12.4. The number of aryl methyl sites for hydroxylation is 2. The van der Waals surface area contributed by atoms with E-state index in [1.54, 1.807) is 16.8 Å². The predicted octanol–water partition coefficient (Wildman–Crippen LogP) is 7.20. The standard InChI is InChI=1S/C30H30Cl2N4O2/c1-19(2)17-35(30(38)23-12-15-25(31)26(32)16-23)18-27(37)33-29-28(22-8-6-5-7-9-22)21(4)34-36(29)24-13-10-20(3)11-14-24/h5-16,19H,17-18H2,1-4H3,(H,33,37). The Morgan fingerprint density at radius 2 is 1.63 bits per heavy atom. The summed E-state index contributed by atoms with van der Waals surface area (Å²) in [4.78, 5) is 28.4. The molecule has 0 saturated heterocycles. The van der Waals surface area contributed by atoms with Crippen LogP contribution in [0.25, 0.3) is 16.8 Å². The summed E-state index contributed by atoms with van der Waals surface area (Å²) in [7, 11) is 0. The van der Waals surface area contributed by atoms with Crippen LogP contribution in [0.4, 0.5) is 5.82 Å². The molecule has 0 radical (unpaired) electrons. The molecule has 0 aliphatic rings. The van der Waals surface area contributed by atoms with E-state index in [0.717, 1.165) is 28.1 Å². The Labute approximate surface area is 233 Å². The zero-order chi connectivity index (χ0) is 27.4. The summed E-state index contributed by atoms with van der Waals surface area (Å²) < 4.78 is 1.74. The molecular formula is C30H30Cl2N4O2. The fourth-order valence-corrected chi connectivity index (χ4v) is 4.58. The summed E-state index contributed by atoms with van der Waals surface area (Å²) >= 11 is 12.2. The van der Waals surface area contributed by atoms with Crippen molar-refractivity contribution in [2.45, 2.75) is 27.7 Å². The monoisotopic (exact) mass is 548 g/mol. The lowest BCUT2D eigenvalue weighted by molar-refractivity contribution is -0.117. The van der Waals surface area contributed by atoms with Crippen molar-refractivity contribution >= 4 is 40.8 Å². The molecule has 8 heteroatoms. The van der Waals surface area contributed by atoms with Crippen LogP contribution in [0.5, 0.6) is 0 Å². The second kappa shape index (κ2) is 11.8. The number of hydrogen-bond donors (Lipinski definition) is 1. The number of hydrogen-bond acceptors (Lipinski definition) is 3. The van der Waals surface area contributed by atoms with Crippen molar-refractivity contribution in [2.24, 2.45) is 5.92 Å². The minimum absolute atomic E-state index is 0.135. The number of carbonyl (C=O) groups is 2. The van der Waals surface area contributed by atoms with Crippen molar-refractivity contribution in [3.8, 4) is 16.8 Å². The Hall–Kier alpha value is -3.61. The molecule has 3 aromatic carbocycles. The molecule has 38 heavy (non-hydrogen) atoms. The van der Waals surface area contributed by atoms with Crippen molar-refractivity contribution in [1.82, 2.24) is 14.7 Å². The van der Waals surface area contributed by atoms with Gasteiger partial charge >= 0.3 is 0 Å². The van der Waals surface area contributed by atoms with Crippen LogP contribution in [0.2, 0.25) is 10.0 Å². The number of anilines is 1. The maximum atomic E-state index is 13.5. The minimum atomic E-state index is -0.329. The van der Waals surface area contributed by atoms with Crippen molar-refractivity contribution in [3.63, 3.8) is 0 Å². The van der Waals surface area contributed by atoms with Crippen molar-refractivity contribution in [1.29, 1.82) is 0 Å². The zero-order valence-electron chi connectivity index (χ0n) is 21.8. The van der Waals surface area contributed by atoms with Gasteiger partial charge in [-0.15, -0.1) is 0 Å². The Balaban J connectivity index is 1.68. The molecule has 0 aliphatic heterocycles. The molecule has 196 valence electrons. The first-order chi connectivity index (χ1) is 18.1. The van der Waals surface area contributed by atoms with Crippen LogP contribution < -0.4 is 5.32 Å². The third kappa shape index (κ3) is 6.26. The van der Waals surface area contributed by atoms with Gasteiger partial charge in [0, 0.05) is 17.7 Å². The van der Waals surface area contributed by atoms with Crippen molar-refractivity contribution < 1.29 is 9.59 Å². The molecule has 4 rings (SSSR count). The number of halogens is 2. The van der Waals surface area contributed by atoms with E-state index in [-0.39, 0.29) is 29.3 Å². The van der Waals surface area contributed by atoms with E-state index in [0.29, 0.717) is 22.9 Å². The largest absolute Gasteiger partial charge is 0.329 e. The van der Waals surface area contributed by atoms with Crippen molar-refractivity contribution in [3.05, 3.63) is 99.7 Å². The van der Waals surface area contributed by atoms with Crippen LogP contribution in [0.1, 0.15) is 35.5 Å². The van der Waals surface area contributed by atoms with Gasteiger partial charge in [0.25, 0.3) is 5.91 Å². The van der Waals surface area contributed by atoms with Gasteiger partial charge in [-0.3, -0.25) is 9.59 Å². The Bertz CT molecular complexity index is 1450. The maximum absolute atomic E-state index is 13.5. The van der Waals surface area contributed by atoms with Crippen LogP contribution >= 0.6 is 23.2 Å². The molecule has 0 unspecified atom stereocenters. The molecule has 0 fully saturated rings. The van der Waals surface area contributed by atoms with Gasteiger partial charge in [-0.1, -0.05) is 85.1 Å². The molecule has 6 nitrogen and oxygen atoms in total. The van der Waals surface area contributed by atoms with E-state index >= 15 is 0 Å². The molecule has 1 aromatic heterocycles. The van der Waals surface area contributed by atoms with E-state index in [2.05, 4.69) is 5.32 Å². The number of aromatic nitrogens is 2. The van der Waals surface area contributed by atoms with E-state index < -0.39 is 0 Å². The second-order valence-electron chi connectivity index (χ2n) is 9.68. The minimum Gasteiger partial charge on any atom is -0.329 e. The molecule has 0 saturated carbocycles. The second-order valence-corrected chi connectivity index (χ2v) is 10.5. The number of rotatable bonds is 8. The van der Waals surface area contributed by atoms with Crippen LogP contribution in [-0.4, -0.2) is 39.6 Å². The van der Waals surface area contributed by atoms with Crippen molar-refractivity contribution in [2.75, 3.05) is 18.4 Å². The number of nitrogens with one attached hydrogen (secondary N) is 1. The molecule has 0 spiro atoms. The zero-order valence-corrected chi connectivity index (χ0v) is 23.3. The fraction of sp³-hybridized carbons (Fsp3) is 0.233. The first-order valence-corrected chi connectivity index (χ1v) is 13.2. The molecular weight excluding hydrogens is 519 g/mol. The van der Waals surface area contributed by atoms with Gasteiger partial charge in [0.05, 0.1) is 21.4 Å². The number of benzene rings is 3. The fourth-order valence-electron chi connectivity index (χ4n) is 4.28. The molecule has 0 aliphatic carbocycles. The summed E-state index contributed by atoms with van der Waals surface area (Å²) in [5.74, 6) is 0.0761. The summed E-state index contributed by atoms with van der Waals surface area (Å²) in [6.45, 7) is 8.19.